The highest BCUT2D eigenvalue weighted by Crippen LogP contribution is 2.42. The number of benzene rings is 3. The number of nitrogens with one attached hydrogen (secondary N) is 1. The number of piperazine rings is 1. The molecule has 11 heteroatoms. The average molecular weight is 634 g/mol. The fourth-order valence-electron chi connectivity index (χ4n) is 8.21. The minimum absolute atomic E-state index is 0.0378. The van der Waals surface area contributed by atoms with Gasteiger partial charge in [-0.3, -0.25) is 4.90 Å². The molecule has 4 unspecified atom stereocenters. The predicted molar refractivity (Wildman–Crippen MR) is 170 cm³/mol. The van der Waals surface area contributed by atoms with Crippen molar-refractivity contribution < 1.29 is 27.8 Å². The standard InChI is InChI=1S/C35H38F3N5O3/c1-2-25-28(36)9-4-19-12-24(44)13-26(30(19)25)31-29(37)14-27-33(32(31)38)40-35(41-34(27)42-15-20-5-6-21(16-42)39-20)46-11-3-10-43-22-7-8-23(43)18-45-17-22/h4,9,12-14,20-23,39,44H,2-3,5-8,10-11,15-18H2,1H3. The molecule has 0 saturated carbocycles. The molecule has 4 aliphatic heterocycles. The number of rotatable bonds is 8. The molecular formula is C35H38F3N5O3. The van der Waals surface area contributed by atoms with E-state index in [0.29, 0.717) is 60.4 Å². The van der Waals surface area contributed by atoms with E-state index in [1.807, 2.05) is 0 Å². The zero-order valence-electron chi connectivity index (χ0n) is 25.9. The number of aryl methyl sites for hydroxylation is 1. The summed E-state index contributed by atoms with van der Waals surface area (Å²) < 4.78 is 59.8. The minimum Gasteiger partial charge on any atom is -0.508 e. The van der Waals surface area contributed by atoms with Crippen LogP contribution in [0.1, 0.15) is 44.6 Å². The summed E-state index contributed by atoms with van der Waals surface area (Å²) in [6.45, 7) is 5.84. The van der Waals surface area contributed by atoms with Crippen LogP contribution in [0.15, 0.2) is 30.3 Å². The highest BCUT2D eigenvalue weighted by molar-refractivity contribution is 6.03. The molecule has 0 spiro atoms. The first-order valence-electron chi connectivity index (χ1n) is 16.5. The van der Waals surface area contributed by atoms with Crippen molar-refractivity contribution in [2.24, 2.45) is 0 Å². The Labute approximate surface area is 265 Å². The first-order valence-corrected chi connectivity index (χ1v) is 16.5. The maximum absolute atomic E-state index is 16.8. The summed E-state index contributed by atoms with van der Waals surface area (Å²) in [7, 11) is 0. The third-order valence-electron chi connectivity index (χ3n) is 10.3. The molecule has 4 atom stereocenters. The number of phenolic OH excluding ortho intramolecular Hbond substituents is 1. The summed E-state index contributed by atoms with van der Waals surface area (Å²) in [4.78, 5) is 13.8. The van der Waals surface area contributed by atoms with Gasteiger partial charge in [0, 0.05) is 49.2 Å². The number of halogens is 3. The summed E-state index contributed by atoms with van der Waals surface area (Å²) in [6, 6.07) is 8.33. The van der Waals surface area contributed by atoms with Crippen LogP contribution in [0.25, 0.3) is 32.8 Å². The van der Waals surface area contributed by atoms with Gasteiger partial charge in [-0.15, -0.1) is 0 Å². The third-order valence-corrected chi connectivity index (χ3v) is 10.3. The van der Waals surface area contributed by atoms with E-state index in [9.17, 15) is 9.50 Å². The lowest BCUT2D eigenvalue weighted by atomic mass is 9.91. The fraction of sp³-hybridized carbons (Fsp3) is 0.486. The Morgan fingerprint density at radius 3 is 2.48 bits per heavy atom. The Balaban J connectivity index is 1.20. The monoisotopic (exact) mass is 633 g/mol. The predicted octanol–water partition coefficient (Wildman–Crippen LogP) is 5.71. The van der Waals surface area contributed by atoms with Gasteiger partial charge in [0.05, 0.1) is 25.4 Å². The van der Waals surface area contributed by atoms with Gasteiger partial charge in [-0.2, -0.15) is 9.97 Å². The number of aromatic nitrogens is 2. The van der Waals surface area contributed by atoms with Crippen LogP contribution in [-0.2, 0) is 11.2 Å². The number of fused-ring (bicyclic) bond motifs is 6. The molecule has 8 rings (SSSR count). The summed E-state index contributed by atoms with van der Waals surface area (Å²) in [5, 5.41) is 15.3. The molecule has 2 N–H and O–H groups in total. The number of phenols is 1. The van der Waals surface area contributed by atoms with Crippen molar-refractivity contribution in [1.82, 2.24) is 20.2 Å². The lowest BCUT2D eigenvalue weighted by Crippen LogP contribution is -2.51. The summed E-state index contributed by atoms with van der Waals surface area (Å²) in [6.07, 6.45) is 5.41. The lowest BCUT2D eigenvalue weighted by molar-refractivity contribution is -0.0161. The van der Waals surface area contributed by atoms with Crippen LogP contribution >= 0.6 is 0 Å². The third kappa shape index (κ3) is 5.12. The van der Waals surface area contributed by atoms with Crippen LogP contribution in [-0.4, -0.2) is 83.6 Å². The van der Waals surface area contributed by atoms with E-state index < -0.39 is 17.5 Å². The van der Waals surface area contributed by atoms with Crippen molar-refractivity contribution in [1.29, 1.82) is 0 Å². The second-order valence-corrected chi connectivity index (χ2v) is 13.1. The van der Waals surface area contributed by atoms with E-state index in [0.717, 1.165) is 51.9 Å². The van der Waals surface area contributed by atoms with Gasteiger partial charge in [0.25, 0.3) is 0 Å². The van der Waals surface area contributed by atoms with Gasteiger partial charge >= 0.3 is 6.01 Å². The number of ether oxygens (including phenoxy) is 2. The number of anilines is 1. The fourth-order valence-corrected chi connectivity index (χ4v) is 8.21. The topological polar surface area (TPSA) is 83.0 Å². The Kier molecular flexibility index (Phi) is 7.65. The number of hydrogen-bond acceptors (Lipinski definition) is 8. The largest absolute Gasteiger partial charge is 0.508 e. The van der Waals surface area contributed by atoms with Gasteiger partial charge in [-0.25, -0.2) is 13.2 Å². The van der Waals surface area contributed by atoms with E-state index in [1.54, 1.807) is 6.92 Å². The molecule has 0 radical (unpaired) electrons. The van der Waals surface area contributed by atoms with Gasteiger partial charge in [0.15, 0.2) is 5.82 Å². The van der Waals surface area contributed by atoms with E-state index in [1.165, 1.54) is 30.3 Å². The van der Waals surface area contributed by atoms with E-state index in [2.05, 4.69) is 20.1 Å². The summed E-state index contributed by atoms with van der Waals surface area (Å²) in [5.41, 5.74) is -0.0399. The number of nitrogens with zero attached hydrogens (tertiary/aromatic N) is 4. The van der Waals surface area contributed by atoms with E-state index >= 15 is 8.78 Å². The SMILES string of the molecule is CCc1c(F)ccc2cc(O)cc(-c3c(F)cc4c(N5CC6CCC(C5)N6)nc(OCCCN5C6CCC5COC6)nc4c3F)c12. The first kappa shape index (κ1) is 29.7. The Morgan fingerprint density at radius 1 is 0.978 bits per heavy atom. The zero-order valence-corrected chi connectivity index (χ0v) is 25.9. The Bertz CT molecular complexity index is 1790. The number of morpholine rings is 1. The number of aromatic hydroxyl groups is 1. The van der Waals surface area contributed by atoms with Crippen molar-refractivity contribution in [3.63, 3.8) is 0 Å². The van der Waals surface area contributed by atoms with Crippen molar-refractivity contribution >= 4 is 27.5 Å². The molecule has 0 amide bonds. The highest BCUT2D eigenvalue weighted by atomic mass is 19.1. The smallest absolute Gasteiger partial charge is 0.319 e. The normalized spacial score (nSPS) is 24.4. The zero-order chi connectivity index (χ0) is 31.5. The molecular weight excluding hydrogens is 595 g/mol. The highest BCUT2D eigenvalue weighted by Gasteiger charge is 2.37. The van der Waals surface area contributed by atoms with Crippen LogP contribution < -0.4 is 15.0 Å². The molecule has 4 fully saturated rings. The average Bonchev–Trinajstić information content (AvgIpc) is 3.49. The summed E-state index contributed by atoms with van der Waals surface area (Å²) >= 11 is 0. The number of hydrogen-bond donors (Lipinski definition) is 2. The van der Waals surface area contributed by atoms with Gasteiger partial charge in [-0.1, -0.05) is 13.0 Å². The maximum Gasteiger partial charge on any atom is 0.319 e. The van der Waals surface area contributed by atoms with Gasteiger partial charge in [-0.05, 0) is 84.7 Å². The van der Waals surface area contributed by atoms with E-state index in [-0.39, 0.29) is 45.9 Å². The molecule has 4 saturated heterocycles. The van der Waals surface area contributed by atoms with Crippen LogP contribution in [0.2, 0.25) is 0 Å². The molecule has 8 nitrogen and oxygen atoms in total. The summed E-state index contributed by atoms with van der Waals surface area (Å²) in [5.74, 6) is -1.94. The van der Waals surface area contributed by atoms with Crippen molar-refractivity contribution in [3.05, 3.63) is 53.3 Å². The quantitative estimate of drug-likeness (QED) is 0.239. The molecule has 46 heavy (non-hydrogen) atoms. The van der Waals surface area contributed by atoms with Crippen LogP contribution in [0.4, 0.5) is 19.0 Å². The van der Waals surface area contributed by atoms with Crippen molar-refractivity contribution in [2.75, 3.05) is 44.4 Å². The molecule has 3 aromatic carbocycles. The Morgan fingerprint density at radius 2 is 1.74 bits per heavy atom. The van der Waals surface area contributed by atoms with Crippen LogP contribution in [0, 0.1) is 17.5 Å². The molecule has 4 bridgehead atoms. The second-order valence-electron chi connectivity index (χ2n) is 13.1. The molecule has 4 aromatic rings. The van der Waals surface area contributed by atoms with Crippen molar-refractivity contribution in [2.45, 2.75) is 69.6 Å². The second kappa shape index (κ2) is 11.8. The van der Waals surface area contributed by atoms with Crippen LogP contribution in [0.3, 0.4) is 0 Å². The van der Waals surface area contributed by atoms with Crippen molar-refractivity contribution in [3.8, 4) is 22.9 Å². The molecule has 4 aliphatic rings. The first-order chi connectivity index (χ1) is 22.4. The molecule has 1 aromatic heterocycles. The minimum atomic E-state index is -0.898. The Hall–Kier alpha value is -3.67. The van der Waals surface area contributed by atoms with Gasteiger partial charge < -0.3 is 24.8 Å². The molecule has 5 heterocycles. The molecule has 242 valence electrons. The lowest BCUT2D eigenvalue weighted by Gasteiger charge is -2.34. The van der Waals surface area contributed by atoms with E-state index in [4.69, 9.17) is 14.5 Å². The molecule has 0 aliphatic carbocycles. The van der Waals surface area contributed by atoms with Gasteiger partial charge in [0.2, 0.25) is 0 Å². The van der Waals surface area contributed by atoms with Gasteiger partial charge in [0.1, 0.15) is 28.7 Å². The van der Waals surface area contributed by atoms with Crippen LogP contribution in [0.5, 0.6) is 11.8 Å². The maximum atomic E-state index is 16.8.